The fourth-order valence-corrected chi connectivity index (χ4v) is 2.64. The van der Waals surface area contributed by atoms with E-state index in [0.717, 1.165) is 39.1 Å². The highest BCUT2D eigenvalue weighted by Gasteiger charge is 2.21. The molecular weight excluding hydrogens is 246 g/mol. The monoisotopic (exact) mass is 273 g/mol. The van der Waals surface area contributed by atoms with Gasteiger partial charge in [-0.25, -0.2) is 0 Å². The largest absolute Gasteiger partial charge is 0.355 e. The SMILES string of the molecule is CSCCCCCNC(=O)C(C)N1CCNCC1. The number of rotatable bonds is 8. The van der Waals surface area contributed by atoms with Crippen molar-refractivity contribution in [2.45, 2.75) is 32.2 Å². The van der Waals surface area contributed by atoms with Crippen LogP contribution in [0, 0.1) is 0 Å². The average Bonchev–Trinajstić information content (AvgIpc) is 2.42. The minimum atomic E-state index is 0.0123. The second-order valence-corrected chi connectivity index (χ2v) is 5.79. The molecule has 1 aliphatic heterocycles. The van der Waals surface area contributed by atoms with Crippen LogP contribution in [0.1, 0.15) is 26.2 Å². The summed E-state index contributed by atoms with van der Waals surface area (Å²) in [6, 6.07) is 0.0123. The summed E-state index contributed by atoms with van der Waals surface area (Å²) >= 11 is 1.89. The van der Waals surface area contributed by atoms with Crippen molar-refractivity contribution in [1.82, 2.24) is 15.5 Å². The first-order valence-corrected chi connectivity index (χ1v) is 8.36. The summed E-state index contributed by atoms with van der Waals surface area (Å²) in [6.07, 6.45) is 5.70. The smallest absolute Gasteiger partial charge is 0.237 e. The number of amides is 1. The van der Waals surface area contributed by atoms with E-state index in [4.69, 9.17) is 0 Å². The zero-order chi connectivity index (χ0) is 13.2. The lowest BCUT2D eigenvalue weighted by Gasteiger charge is -2.31. The predicted octanol–water partition coefficient (Wildman–Crippen LogP) is 0.930. The first-order valence-electron chi connectivity index (χ1n) is 6.97. The van der Waals surface area contributed by atoms with E-state index in [1.165, 1.54) is 18.6 Å². The van der Waals surface area contributed by atoms with Gasteiger partial charge in [0.25, 0.3) is 0 Å². The number of hydrogen-bond donors (Lipinski definition) is 2. The maximum absolute atomic E-state index is 12.0. The minimum Gasteiger partial charge on any atom is -0.355 e. The second-order valence-electron chi connectivity index (χ2n) is 4.81. The van der Waals surface area contributed by atoms with Gasteiger partial charge in [0.15, 0.2) is 0 Å². The van der Waals surface area contributed by atoms with Crippen molar-refractivity contribution in [2.24, 2.45) is 0 Å². The van der Waals surface area contributed by atoms with Crippen molar-refractivity contribution >= 4 is 17.7 Å². The van der Waals surface area contributed by atoms with Crippen LogP contribution in [-0.4, -0.2) is 61.6 Å². The molecule has 5 heteroatoms. The number of nitrogens with one attached hydrogen (secondary N) is 2. The molecule has 1 fully saturated rings. The fraction of sp³-hybridized carbons (Fsp3) is 0.923. The van der Waals surface area contributed by atoms with Gasteiger partial charge in [0.05, 0.1) is 6.04 Å². The predicted molar refractivity (Wildman–Crippen MR) is 79.1 cm³/mol. The first kappa shape index (κ1) is 15.8. The number of nitrogens with zero attached hydrogens (tertiary/aromatic N) is 1. The molecule has 1 saturated heterocycles. The number of piperazine rings is 1. The van der Waals surface area contributed by atoms with Crippen molar-refractivity contribution in [1.29, 1.82) is 0 Å². The van der Waals surface area contributed by atoms with Gasteiger partial charge in [-0.15, -0.1) is 0 Å². The van der Waals surface area contributed by atoms with Gasteiger partial charge >= 0.3 is 0 Å². The Hall–Kier alpha value is -0.260. The number of thioether (sulfide) groups is 1. The van der Waals surface area contributed by atoms with E-state index in [0.29, 0.717) is 0 Å². The third-order valence-corrected chi connectivity index (χ3v) is 4.10. The molecule has 0 aliphatic carbocycles. The summed E-state index contributed by atoms with van der Waals surface area (Å²) in [5.74, 6) is 1.41. The highest BCUT2D eigenvalue weighted by molar-refractivity contribution is 7.98. The Bertz CT molecular complexity index is 232. The van der Waals surface area contributed by atoms with Crippen LogP contribution in [0.25, 0.3) is 0 Å². The van der Waals surface area contributed by atoms with E-state index in [9.17, 15) is 4.79 Å². The van der Waals surface area contributed by atoms with E-state index >= 15 is 0 Å². The van der Waals surface area contributed by atoms with Gasteiger partial charge < -0.3 is 10.6 Å². The zero-order valence-electron chi connectivity index (χ0n) is 11.7. The molecule has 1 heterocycles. The van der Waals surface area contributed by atoms with Crippen molar-refractivity contribution in [3.63, 3.8) is 0 Å². The maximum Gasteiger partial charge on any atom is 0.237 e. The van der Waals surface area contributed by atoms with Gasteiger partial charge in [0.2, 0.25) is 5.91 Å². The van der Waals surface area contributed by atoms with Crippen molar-refractivity contribution in [3.05, 3.63) is 0 Å². The molecule has 1 atom stereocenters. The quantitative estimate of drug-likeness (QED) is 0.646. The average molecular weight is 273 g/mol. The maximum atomic E-state index is 12.0. The van der Waals surface area contributed by atoms with Gasteiger partial charge in [0.1, 0.15) is 0 Å². The van der Waals surface area contributed by atoms with Crippen LogP contribution < -0.4 is 10.6 Å². The lowest BCUT2D eigenvalue weighted by atomic mass is 10.2. The molecule has 0 aromatic heterocycles. The van der Waals surface area contributed by atoms with Gasteiger partial charge in [0, 0.05) is 32.7 Å². The molecule has 18 heavy (non-hydrogen) atoms. The molecule has 106 valence electrons. The Labute approximate surface area is 115 Å². The summed E-state index contributed by atoms with van der Waals surface area (Å²) in [4.78, 5) is 14.2. The highest BCUT2D eigenvalue weighted by Crippen LogP contribution is 2.03. The summed E-state index contributed by atoms with van der Waals surface area (Å²) in [5.41, 5.74) is 0. The highest BCUT2D eigenvalue weighted by atomic mass is 32.2. The minimum absolute atomic E-state index is 0.0123. The zero-order valence-corrected chi connectivity index (χ0v) is 12.5. The molecule has 1 aliphatic rings. The van der Waals surface area contributed by atoms with Crippen molar-refractivity contribution < 1.29 is 4.79 Å². The van der Waals surface area contributed by atoms with E-state index in [1.54, 1.807) is 0 Å². The molecule has 2 N–H and O–H groups in total. The summed E-state index contributed by atoms with van der Waals surface area (Å²) in [5, 5.41) is 6.35. The molecule has 1 amide bonds. The lowest BCUT2D eigenvalue weighted by Crippen LogP contribution is -2.52. The Morgan fingerprint density at radius 1 is 1.33 bits per heavy atom. The van der Waals surface area contributed by atoms with Gasteiger partial charge in [-0.05, 0) is 31.8 Å². The van der Waals surface area contributed by atoms with Crippen LogP contribution in [0.15, 0.2) is 0 Å². The lowest BCUT2D eigenvalue weighted by molar-refractivity contribution is -0.126. The van der Waals surface area contributed by atoms with Crippen molar-refractivity contribution in [2.75, 3.05) is 44.7 Å². The molecule has 0 saturated carbocycles. The van der Waals surface area contributed by atoms with E-state index in [2.05, 4.69) is 21.8 Å². The molecule has 0 spiro atoms. The molecule has 0 aromatic carbocycles. The molecular formula is C13H27N3OS. The van der Waals surface area contributed by atoms with E-state index in [1.807, 2.05) is 18.7 Å². The number of hydrogen-bond acceptors (Lipinski definition) is 4. The van der Waals surface area contributed by atoms with E-state index in [-0.39, 0.29) is 11.9 Å². The third kappa shape index (κ3) is 6.07. The molecule has 0 aromatic rings. The Balaban J connectivity index is 2.07. The standard InChI is InChI=1S/C13H27N3OS/c1-12(16-9-7-14-8-10-16)13(17)15-6-4-3-5-11-18-2/h12,14H,3-11H2,1-2H3,(H,15,17). The third-order valence-electron chi connectivity index (χ3n) is 3.40. The molecule has 1 rings (SSSR count). The van der Waals surface area contributed by atoms with Gasteiger partial charge in [-0.1, -0.05) is 6.42 Å². The summed E-state index contributed by atoms with van der Waals surface area (Å²) < 4.78 is 0. The molecule has 4 nitrogen and oxygen atoms in total. The van der Waals surface area contributed by atoms with Gasteiger partial charge in [-0.3, -0.25) is 9.69 Å². The normalized spacial score (nSPS) is 18.6. The van der Waals surface area contributed by atoms with Crippen molar-refractivity contribution in [3.8, 4) is 0 Å². The van der Waals surface area contributed by atoms with Crippen LogP contribution in [0.2, 0.25) is 0 Å². The first-order chi connectivity index (χ1) is 8.75. The van der Waals surface area contributed by atoms with Crippen LogP contribution >= 0.6 is 11.8 Å². The van der Waals surface area contributed by atoms with E-state index < -0.39 is 0 Å². The van der Waals surface area contributed by atoms with Crippen LogP contribution in [0.3, 0.4) is 0 Å². The summed E-state index contributed by atoms with van der Waals surface area (Å²) in [6.45, 7) is 6.77. The number of unbranched alkanes of at least 4 members (excludes halogenated alkanes) is 2. The number of carbonyl (C=O) groups excluding carboxylic acids is 1. The summed E-state index contributed by atoms with van der Waals surface area (Å²) in [7, 11) is 0. The fourth-order valence-electron chi connectivity index (χ4n) is 2.14. The molecule has 0 bridgehead atoms. The Kier molecular flexibility index (Phi) is 8.46. The topological polar surface area (TPSA) is 44.4 Å². The number of carbonyl (C=O) groups is 1. The molecule has 1 unspecified atom stereocenters. The van der Waals surface area contributed by atoms with Gasteiger partial charge in [-0.2, -0.15) is 11.8 Å². The van der Waals surface area contributed by atoms with Crippen LogP contribution in [0.5, 0.6) is 0 Å². The molecule has 0 radical (unpaired) electrons. The Morgan fingerprint density at radius 2 is 2.06 bits per heavy atom. The second kappa shape index (κ2) is 9.64. The Morgan fingerprint density at radius 3 is 2.72 bits per heavy atom. The van der Waals surface area contributed by atoms with Crippen LogP contribution in [0.4, 0.5) is 0 Å². The van der Waals surface area contributed by atoms with Crippen LogP contribution in [-0.2, 0) is 4.79 Å².